The lowest BCUT2D eigenvalue weighted by atomic mass is 9.99. The minimum Gasteiger partial charge on any atom is -0.368 e. The molecular weight excluding hydrogens is 558 g/mol. The number of imidazole rings is 1. The van der Waals surface area contributed by atoms with Crippen LogP contribution in [0.4, 0.5) is 11.8 Å². The summed E-state index contributed by atoms with van der Waals surface area (Å²) in [5.41, 5.74) is 2.67. The summed E-state index contributed by atoms with van der Waals surface area (Å²) in [7, 11) is -3.61. The molecule has 0 saturated carbocycles. The van der Waals surface area contributed by atoms with Crippen molar-refractivity contribution in [2.75, 3.05) is 42.9 Å². The molecule has 0 spiro atoms. The second-order valence-electron chi connectivity index (χ2n) is 10.5. The van der Waals surface area contributed by atoms with Gasteiger partial charge in [0.2, 0.25) is 16.0 Å². The third-order valence-electron chi connectivity index (χ3n) is 7.72. The molecule has 1 aliphatic heterocycles. The number of anilines is 2. The highest BCUT2D eigenvalue weighted by atomic mass is 35.5. The number of rotatable bonds is 12. The van der Waals surface area contributed by atoms with E-state index in [-0.39, 0.29) is 4.90 Å². The molecule has 218 valence electrons. The van der Waals surface area contributed by atoms with Gasteiger partial charge in [-0.05, 0) is 42.2 Å². The Morgan fingerprint density at radius 3 is 2.39 bits per heavy atom. The number of sulfonamides is 1. The average molecular weight is 596 g/mol. The third-order valence-corrected chi connectivity index (χ3v) is 9.89. The van der Waals surface area contributed by atoms with E-state index in [9.17, 15) is 8.42 Å². The maximum Gasteiger partial charge on any atom is 0.243 e. The number of unbranched alkanes of at least 4 members (excludes halogenated alkanes) is 1. The first-order valence-electron chi connectivity index (χ1n) is 14.4. The van der Waals surface area contributed by atoms with Gasteiger partial charge < -0.3 is 14.8 Å². The monoisotopic (exact) mass is 595 g/mol. The lowest BCUT2D eigenvalue weighted by Gasteiger charge is -2.34. The van der Waals surface area contributed by atoms with E-state index in [1.165, 1.54) is 23.6 Å². The van der Waals surface area contributed by atoms with Gasteiger partial charge in [0.1, 0.15) is 0 Å². The average Bonchev–Trinajstić information content (AvgIpc) is 3.40. The highest BCUT2D eigenvalue weighted by Gasteiger charge is 2.30. The van der Waals surface area contributed by atoms with Gasteiger partial charge in [0.25, 0.3) is 0 Å². The lowest BCUT2D eigenvalue weighted by Crippen LogP contribution is -2.49. The number of fused-ring (bicyclic) bond motifs is 1. The Bertz CT molecular complexity index is 1540. The summed E-state index contributed by atoms with van der Waals surface area (Å²) in [6, 6.07) is 16.6. The van der Waals surface area contributed by atoms with Crippen molar-refractivity contribution in [1.82, 2.24) is 23.8 Å². The molecule has 9 nitrogen and oxygen atoms in total. The van der Waals surface area contributed by atoms with Crippen LogP contribution in [0.25, 0.3) is 11.2 Å². The number of halogens is 1. The van der Waals surface area contributed by atoms with E-state index < -0.39 is 10.0 Å². The van der Waals surface area contributed by atoms with Crippen LogP contribution in [0.3, 0.4) is 0 Å². The Balaban J connectivity index is 1.40. The van der Waals surface area contributed by atoms with Crippen molar-refractivity contribution >= 4 is 44.6 Å². The molecular formula is C30H38ClN7O2S. The van der Waals surface area contributed by atoms with Crippen molar-refractivity contribution in [3.63, 3.8) is 0 Å². The van der Waals surface area contributed by atoms with Crippen LogP contribution in [-0.4, -0.2) is 65.0 Å². The van der Waals surface area contributed by atoms with Crippen molar-refractivity contribution in [2.45, 2.75) is 51.0 Å². The summed E-state index contributed by atoms with van der Waals surface area (Å²) in [4.78, 5) is 16.9. The van der Waals surface area contributed by atoms with Gasteiger partial charge in [-0.1, -0.05) is 75.0 Å². The predicted molar refractivity (Wildman–Crippen MR) is 165 cm³/mol. The Morgan fingerprint density at radius 2 is 1.71 bits per heavy atom. The zero-order valence-electron chi connectivity index (χ0n) is 23.7. The van der Waals surface area contributed by atoms with Crippen LogP contribution in [0, 0.1) is 5.92 Å². The molecule has 0 amide bonds. The molecule has 1 saturated heterocycles. The molecule has 0 radical (unpaired) electrons. The second-order valence-corrected chi connectivity index (χ2v) is 12.9. The van der Waals surface area contributed by atoms with Crippen LogP contribution in [-0.2, 0) is 16.6 Å². The Labute approximate surface area is 247 Å². The van der Waals surface area contributed by atoms with Gasteiger partial charge in [0, 0.05) is 37.7 Å². The third kappa shape index (κ3) is 6.82. The van der Waals surface area contributed by atoms with E-state index in [0.29, 0.717) is 49.6 Å². The molecule has 41 heavy (non-hydrogen) atoms. The van der Waals surface area contributed by atoms with E-state index in [4.69, 9.17) is 26.6 Å². The summed E-state index contributed by atoms with van der Waals surface area (Å²) in [5.74, 6) is 1.86. The van der Waals surface area contributed by atoms with Crippen LogP contribution in [0.2, 0.25) is 5.02 Å². The van der Waals surface area contributed by atoms with Crippen LogP contribution < -0.4 is 10.2 Å². The van der Waals surface area contributed by atoms with Gasteiger partial charge in [-0.15, -0.1) is 0 Å². The largest absolute Gasteiger partial charge is 0.368 e. The number of benzene rings is 2. The van der Waals surface area contributed by atoms with Gasteiger partial charge in [-0.2, -0.15) is 14.3 Å². The molecule has 11 heteroatoms. The maximum atomic E-state index is 13.2. The summed E-state index contributed by atoms with van der Waals surface area (Å²) < 4.78 is 30.0. The van der Waals surface area contributed by atoms with E-state index in [0.717, 1.165) is 35.5 Å². The maximum absolute atomic E-state index is 13.2. The van der Waals surface area contributed by atoms with Crippen molar-refractivity contribution < 1.29 is 8.42 Å². The zero-order valence-corrected chi connectivity index (χ0v) is 25.3. The van der Waals surface area contributed by atoms with Gasteiger partial charge in [0.05, 0.1) is 17.8 Å². The molecule has 0 bridgehead atoms. The molecule has 1 unspecified atom stereocenters. The van der Waals surface area contributed by atoms with E-state index in [2.05, 4.69) is 40.8 Å². The van der Waals surface area contributed by atoms with Crippen LogP contribution in [0.1, 0.15) is 45.1 Å². The minimum atomic E-state index is -3.61. The molecule has 1 atom stereocenters. The first-order valence-corrected chi connectivity index (χ1v) is 16.2. The highest BCUT2D eigenvalue weighted by molar-refractivity contribution is 7.89. The first kappa shape index (κ1) is 29.3. The number of nitrogens with one attached hydrogen (secondary N) is 1. The SMILES string of the molecule is CCCCC(CC)CNc1nc(N2CCN(S(=O)(=O)c3ccc(Cl)cc3)CC2)nc2c1ncn2Cc1ccccc1. The summed E-state index contributed by atoms with van der Waals surface area (Å²) in [5, 5.41) is 4.10. The van der Waals surface area contributed by atoms with Crippen molar-refractivity contribution in [2.24, 2.45) is 5.92 Å². The lowest BCUT2D eigenvalue weighted by molar-refractivity contribution is 0.382. The minimum absolute atomic E-state index is 0.248. The predicted octanol–water partition coefficient (Wildman–Crippen LogP) is 5.67. The second kappa shape index (κ2) is 13.2. The molecule has 1 aliphatic rings. The molecule has 0 aliphatic carbocycles. The van der Waals surface area contributed by atoms with Crippen LogP contribution >= 0.6 is 11.6 Å². The molecule has 1 fully saturated rings. The topological polar surface area (TPSA) is 96.2 Å². The van der Waals surface area contributed by atoms with Crippen molar-refractivity contribution in [3.8, 4) is 0 Å². The first-order chi connectivity index (χ1) is 19.9. The Kier molecular flexibility index (Phi) is 9.42. The van der Waals surface area contributed by atoms with E-state index in [1.54, 1.807) is 24.3 Å². The van der Waals surface area contributed by atoms with E-state index >= 15 is 0 Å². The highest BCUT2D eigenvalue weighted by Crippen LogP contribution is 2.26. The molecule has 4 aromatic rings. The fourth-order valence-corrected chi connectivity index (χ4v) is 6.71. The zero-order chi connectivity index (χ0) is 28.8. The molecule has 3 heterocycles. The Hall–Kier alpha value is -3.21. The van der Waals surface area contributed by atoms with Crippen LogP contribution in [0.5, 0.6) is 0 Å². The summed E-state index contributed by atoms with van der Waals surface area (Å²) in [6.07, 6.45) is 6.49. The quantitative estimate of drug-likeness (QED) is 0.225. The summed E-state index contributed by atoms with van der Waals surface area (Å²) >= 11 is 5.97. The Morgan fingerprint density at radius 1 is 0.976 bits per heavy atom. The van der Waals surface area contributed by atoms with Gasteiger partial charge >= 0.3 is 0 Å². The normalized spacial score (nSPS) is 15.3. The van der Waals surface area contributed by atoms with Gasteiger partial charge in [-0.25, -0.2) is 13.4 Å². The number of hydrogen-bond donors (Lipinski definition) is 1. The standard InChI is InChI=1S/C30H38ClN7O2S/c1-3-5-9-23(4-2)20-32-28-27-29(37(22-33-27)21-24-10-7-6-8-11-24)35-30(34-28)36-16-18-38(19-17-36)41(39,40)26-14-12-25(31)13-15-26/h6-8,10-15,22-23H,3-5,9,16-21H2,1-2H3,(H,32,34,35). The number of aromatic nitrogens is 4. The smallest absolute Gasteiger partial charge is 0.243 e. The number of hydrogen-bond acceptors (Lipinski definition) is 7. The van der Waals surface area contributed by atoms with Gasteiger partial charge in [0.15, 0.2) is 17.0 Å². The van der Waals surface area contributed by atoms with Crippen molar-refractivity contribution in [3.05, 3.63) is 71.5 Å². The van der Waals surface area contributed by atoms with E-state index in [1.807, 2.05) is 24.5 Å². The van der Waals surface area contributed by atoms with Crippen LogP contribution in [0.15, 0.2) is 65.8 Å². The van der Waals surface area contributed by atoms with Gasteiger partial charge in [-0.3, -0.25) is 0 Å². The molecule has 2 aromatic carbocycles. The molecule has 1 N–H and O–H groups in total. The number of piperazine rings is 1. The fraction of sp³-hybridized carbons (Fsp3) is 0.433. The van der Waals surface area contributed by atoms with Crippen molar-refractivity contribution in [1.29, 1.82) is 0 Å². The summed E-state index contributed by atoms with van der Waals surface area (Å²) in [6.45, 7) is 7.57. The number of nitrogens with zero attached hydrogens (tertiary/aromatic N) is 6. The molecule has 5 rings (SSSR count). The fourth-order valence-electron chi connectivity index (χ4n) is 5.16. The molecule has 2 aromatic heterocycles.